The highest BCUT2D eigenvalue weighted by atomic mass is 32.1. The molecule has 1 aromatic heterocycles. The van der Waals surface area contributed by atoms with Crippen molar-refractivity contribution < 1.29 is 0 Å². The fraction of sp³-hybridized carbons (Fsp3) is 0.500. The van der Waals surface area contributed by atoms with Crippen LogP contribution in [0.5, 0.6) is 0 Å². The first-order chi connectivity index (χ1) is 12.6. The number of tetrazole rings is 1. The van der Waals surface area contributed by atoms with Gasteiger partial charge < -0.3 is 10.6 Å². The van der Waals surface area contributed by atoms with Gasteiger partial charge in [-0.3, -0.25) is 0 Å². The molecule has 2 aliphatic heterocycles. The molecule has 2 aromatic rings. The zero-order chi connectivity index (χ0) is 18.1. The van der Waals surface area contributed by atoms with Crippen molar-refractivity contribution in [3.05, 3.63) is 29.0 Å². The summed E-state index contributed by atoms with van der Waals surface area (Å²) in [5.74, 6) is 0. The van der Waals surface area contributed by atoms with Gasteiger partial charge in [0.05, 0.1) is 12.4 Å². The number of aromatic nitrogens is 4. The lowest BCUT2D eigenvalue weighted by Gasteiger charge is -2.52. The predicted molar refractivity (Wildman–Crippen MR) is 106 cm³/mol. The monoisotopic (exact) mass is 390 g/mol. The van der Waals surface area contributed by atoms with E-state index in [2.05, 4.69) is 43.2 Å². The van der Waals surface area contributed by atoms with Crippen LogP contribution in [0.15, 0.2) is 24.3 Å². The van der Waals surface area contributed by atoms with Gasteiger partial charge in [-0.25, -0.2) is 14.7 Å². The van der Waals surface area contributed by atoms with E-state index in [0.717, 1.165) is 18.0 Å². The molecular weight excluding hydrogens is 368 g/mol. The summed E-state index contributed by atoms with van der Waals surface area (Å²) in [5.41, 5.74) is 1.73. The zero-order valence-corrected chi connectivity index (χ0v) is 16.2. The predicted octanol–water partition coefficient (Wildman–Crippen LogP) is 2.04. The normalized spacial score (nSPS) is 23.1. The molecule has 5 rings (SSSR count). The third kappa shape index (κ3) is 3.50. The first-order valence-electron chi connectivity index (χ1n) is 8.76. The lowest BCUT2D eigenvalue weighted by molar-refractivity contribution is -0.142. The zero-order valence-electron chi connectivity index (χ0n) is 14.6. The highest BCUT2D eigenvalue weighted by Gasteiger charge is 2.37. The summed E-state index contributed by atoms with van der Waals surface area (Å²) in [7, 11) is 2.18. The van der Waals surface area contributed by atoms with Crippen LogP contribution in [0.4, 0.5) is 5.69 Å². The fourth-order valence-corrected chi connectivity index (χ4v) is 4.22. The van der Waals surface area contributed by atoms with Crippen LogP contribution in [0.3, 0.4) is 0 Å². The maximum Gasteiger partial charge on any atom is 0.242 e. The van der Waals surface area contributed by atoms with Crippen LogP contribution in [0, 0.1) is 4.77 Å². The number of hydrazine groups is 1. The molecule has 0 amide bonds. The van der Waals surface area contributed by atoms with E-state index in [-0.39, 0.29) is 0 Å². The van der Waals surface area contributed by atoms with E-state index in [4.69, 9.17) is 24.4 Å². The molecule has 2 saturated heterocycles. The van der Waals surface area contributed by atoms with Crippen LogP contribution >= 0.6 is 24.4 Å². The molecule has 2 bridgehead atoms. The number of aromatic amines is 1. The molecule has 0 radical (unpaired) electrons. The van der Waals surface area contributed by atoms with Crippen LogP contribution < -0.4 is 10.6 Å². The molecule has 8 nitrogen and oxygen atoms in total. The van der Waals surface area contributed by atoms with Crippen LogP contribution in [-0.4, -0.2) is 61.1 Å². The van der Waals surface area contributed by atoms with Crippen molar-refractivity contribution in [1.29, 1.82) is 0 Å². The molecule has 3 aliphatic rings. The Kier molecular flexibility index (Phi) is 4.98. The molecule has 26 heavy (non-hydrogen) atoms. The Morgan fingerprint density at radius 3 is 2.73 bits per heavy atom. The van der Waals surface area contributed by atoms with Crippen LogP contribution in [0.1, 0.15) is 25.7 Å². The summed E-state index contributed by atoms with van der Waals surface area (Å²) in [6.45, 7) is 0.721. The van der Waals surface area contributed by atoms with Gasteiger partial charge >= 0.3 is 0 Å². The summed E-state index contributed by atoms with van der Waals surface area (Å²) in [5, 5.41) is 22.2. The SMILES string of the molecule is CN1C2CCC(CC2)N1CNC(=S)Nc1cccc(-n2[nH]nnc2=S)c1. The number of anilines is 1. The fourth-order valence-electron chi connectivity index (χ4n) is 3.85. The second-order valence-corrected chi connectivity index (χ2v) is 7.51. The highest BCUT2D eigenvalue weighted by Crippen LogP contribution is 2.33. The van der Waals surface area contributed by atoms with E-state index < -0.39 is 0 Å². The summed E-state index contributed by atoms with van der Waals surface area (Å²) >= 11 is 10.6. The molecule has 3 N–H and O–H groups in total. The number of benzene rings is 1. The largest absolute Gasteiger partial charge is 0.348 e. The van der Waals surface area contributed by atoms with Gasteiger partial charge in [0.25, 0.3) is 0 Å². The van der Waals surface area contributed by atoms with Gasteiger partial charge in [0.2, 0.25) is 4.77 Å². The van der Waals surface area contributed by atoms with Crippen LogP contribution in [-0.2, 0) is 0 Å². The highest BCUT2D eigenvalue weighted by molar-refractivity contribution is 7.80. The molecule has 0 unspecified atom stereocenters. The van der Waals surface area contributed by atoms with Gasteiger partial charge in [-0.05, 0) is 68.3 Å². The van der Waals surface area contributed by atoms with Gasteiger partial charge in [0.1, 0.15) is 0 Å². The Morgan fingerprint density at radius 1 is 1.27 bits per heavy atom. The van der Waals surface area contributed by atoms with Gasteiger partial charge in [-0.15, -0.1) is 0 Å². The number of hydrogen-bond acceptors (Lipinski definition) is 6. The van der Waals surface area contributed by atoms with Crippen LogP contribution in [0.25, 0.3) is 5.69 Å². The Bertz CT molecular complexity index is 837. The number of hydrogen-bond donors (Lipinski definition) is 3. The van der Waals surface area contributed by atoms with Gasteiger partial charge in [-0.2, -0.15) is 5.21 Å². The minimum atomic E-state index is 0.381. The Balaban J connectivity index is 1.37. The third-order valence-corrected chi connectivity index (χ3v) is 5.77. The third-order valence-electron chi connectivity index (χ3n) is 5.26. The maximum atomic E-state index is 5.47. The van der Waals surface area contributed by atoms with Crippen molar-refractivity contribution >= 4 is 35.2 Å². The summed E-state index contributed by atoms with van der Waals surface area (Å²) < 4.78 is 2.02. The number of rotatable bonds is 4. The molecule has 138 valence electrons. The second-order valence-electron chi connectivity index (χ2n) is 6.73. The summed E-state index contributed by atoms with van der Waals surface area (Å²) in [4.78, 5) is 0. The summed E-state index contributed by atoms with van der Waals surface area (Å²) in [6.07, 6.45) is 5.16. The van der Waals surface area contributed by atoms with Crippen LogP contribution in [0.2, 0.25) is 0 Å². The number of nitrogens with one attached hydrogen (secondary N) is 3. The van der Waals surface area contributed by atoms with Gasteiger partial charge in [-0.1, -0.05) is 16.4 Å². The molecule has 1 aliphatic carbocycles. The van der Waals surface area contributed by atoms with E-state index >= 15 is 0 Å². The number of fused-ring (bicyclic) bond motifs is 3. The molecule has 0 atom stereocenters. The average molecular weight is 391 g/mol. The van der Waals surface area contributed by atoms with Crippen molar-refractivity contribution in [3.63, 3.8) is 0 Å². The quantitative estimate of drug-likeness (QED) is 0.685. The number of H-pyrrole nitrogens is 1. The molecule has 0 spiro atoms. The summed E-state index contributed by atoms with van der Waals surface area (Å²) in [6, 6.07) is 9.06. The van der Waals surface area contributed by atoms with E-state index in [1.54, 1.807) is 4.68 Å². The first kappa shape index (κ1) is 17.5. The van der Waals surface area contributed by atoms with Crippen molar-refractivity contribution in [3.8, 4) is 5.69 Å². The average Bonchev–Trinajstić information content (AvgIpc) is 3.08. The van der Waals surface area contributed by atoms with Crippen molar-refractivity contribution in [2.45, 2.75) is 37.8 Å². The molecular formula is C16H22N8S2. The minimum Gasteiger partial charge on any atom is -0.348 e. The lowest BCUT2D eigenvalue weighted by atomic mass is 9.87. The number of nitrogens with zero attached hydrogens (tertiary/aromatic N) is 5. The van der Waals surface area contributed by atoms with Crippen molar-refractivity contribution in [2.24, 2.45) is 0 Å². The Hall–Kier alpha value is -1.88. The molecule has 10 heteroatoms. The van der Waals surface area contributed by atoms with Gasteiger partial charge in [0.15, 0.2) is 5.11 Å². The van der Waals surface area contributed by atoms with Crippen molar-refractivity contribution in [1.82, 2.24) is 35.5 Å². The standard InChI is InChI=1S/C16H22N8S2/c1-22-12-5-7-13(8-6-12)23(22)10-17-15(25)18-11-3-2-4-14(9-11)24-16(26)19-20-21-24/h2-4,9,12-13H,5-8,10H2,1H3,(H2,17,18,25)(H,19,21,26). The minimum absolute atomic E-state index is 0.381. The molecule has 3 fully saturated rings. The van der Waals surface area contributed by atoms with Gasteiger partial charge in [0, 0.05) is 24.8 Å². The smallest absolute Gasteiger partial charge is 0.242 e. The molecule has 1 aromatic carbocycles. The first-order valence-corrected chi connectivity index (χ1v) is 9.58. The van der Waals surface area contributed by atoms with E-state index in [0.29, 0.717) is 22.0 Å². The molecule has 1 saturated carbocycles. The lowest BCUT2D eigenvalue weighted by Crippen LogP contribution is -2.62. The van der Waals surface area contributed by atoms with E-state index in [1.807, 2.05) is 24.3 Å². The topological polar surface area (TPSA) is 77.0 Å². The maximum absolute atomic E-state index is 5.47. The Morgan fingerprint density at radius 2 is 2.04 bits per heavy atom. The Labute approximate surface area is 162 Å². The van der Waals surface area contributed by atoms with Crippen molar-refractivity contribution in [2.75, 3.05) is 19.0 Å². The van der Waals surface area contributed by atoms with E-state index in [1.165, 1.54) is 25.7 Å². The second kappa shape index (κ2) is 7.39. The van der Waals surface area contributed by atoms with E-state index in [9.17, 15) is 0 Å². The molecule has 3 heterocycles. The number of thiocarbonyl (C=S) groups is 1.